The molecule has 0 atom stereocenters. The molecule has 4 nitrogen and oxygen atoms in total. The Morgan fingerprint density at radius 3 is 3.00 bits per heavy atom. The van der Waals surface area contributed by atoms with Gasteiger partial charge >= 0.3 is 0 Å². The summed E-state index contributed by atoms with van der Waals surface area (Å²) >= 11 is 5.85. The molecular weight excluding hydrogens is 240 g/mol. The summed E-state index contributed by atoms with van der Waals surface area (Å²) in [6, 6.07) is 4.86. The number of hydrogen-bond acceptors (Lipinski definition) is 3. The number of nitrogens with two attached hydrogens (primary N) is 1. The van der Waals surface area contributed by atoms with E-state index in [4.69, 9.17) is 22.1 Å². The number of carbonyl (C=O) groups is 1. The minimum absolute atomic E-state index is 0.230. The minimum atomic E-state index is -0.230. The highest BCUT2D eigenvalue weighted by Crippen LogP contribution is 2.23. The average Bonchev–Trinajstić information content (AvgIpc) is 2.33. The molecule has 1 amide bonds. The first-order chi connectivity index (χ1) is 8.19. The van der Waals surface area contributed by atoms with Crippen molar-refractivity contribution in [2.45, 2.75) is 0 Å². The summed E-state index contributed by atoms with van der Waals surface area (Å²) in [5, 5.41) is 3.19. The third-order valence-corrected chi connectivity index (χ3v) is 2.21. The monoisotopic (exact) mass is 254 g/mol. The molecule has 0 aliphatic carbocycles. The van der Waals surface area contributed by atoms with E-state index in [1.807, 2.05) is 0 Å². The molecule has 0 fully saturated rings. The molecule has 3 N–H and O–H groups in total. The Bertz CT molecular complexity index is 407. The van der Waals surface area contributed by atoms with E-state index in [1.54, 1.807) is 24.3 Å². The van der Waals surface area contributed by atoms with Crippen molar-refractivity contribution in [2.75, 3.05) is 19.7 Å². The number of rotatable bonds is 6. The number of amides is 1. The normalized spacial score (nSPS) is 9.76. The van der Waals surface area contributed by atoms with Crippen LogP contribution in [0.25, 0.3) is 0 Å². The lowest BCUT2D eigenvalue weighted by molar-refractivity contribution is 0.0951. The molecule has 0 aromatic heterocycles. The maximum Gasteiger partial charge on any atom is 0.255 e. The largest absolute Gasteiger partial charge is 0.489 e. The van der Waals surface area contributed by atoms with Crippen molar-refractivity contribution in [2.24, 2.45) is 5.73 Å². The van der Waals surface area contributed by atoms with Crippen LogP contribution in [0.3, 0.4) is 0 Å². The SMILES string of the molecule is C=CCOc1cc(Cl)ccc1C(=O)NCCN. The summed E-state index contributed by atoms with van der Waals surface area (Å²) in [5.41, 5.74) is 5.75. The number of carbonyl (C=O) groups excluding carboxylic acids is 1. The Labute approximate surface area is 105 Å². The van der Waals surface area contributed by atoms with Gasteiger partial charge in [0, 0.05) is 18.1 Å². The van der Waals surface area contributed by atoms with Gasteiger partial charge in [0.1, 0.15) is 12.4 Å². The Morgan fingerprint density at radius 2 is 2.35 bits per heavy atom. The lowest BCUT2D eigenvalue weighted by Crippen LogP contribution is -2.29. The third kappa shape index (κ3) is 4.09. The van der Waals surface area contributed by atoms with Gasteiger partial charge in [-0.25, -0.2) is 0 Å². The standard InChI is InChI=1S/C12H15ClN2O2/c1-2-7-17-11-8-9(13)3-4-10(11)12(16)15-6-5-14/h2-4,8H,1,5-7,14H2,(H,15,16). The zero-order valence-corrected chi connectivity index (χ0v) is 10.2. The van der Waals surface area contributed by atoms with E-state index in [-0.39, 0.29) is 5.91 Å². The number of hydrogen-bond donors (Lipinski definition) is 2. The number of ether oxygens (including phenoxy) is 1. The van der Waals surface area contributed by atoms with Crippen molar-refractivity contribution in [3.05, 3.63) is 41.4 Å². The Morgan fingerprint density at radius 1 is 1.59 bits per heavy atom. The molecule has 1 aromatic carbocycles. The molecule has 17 heavy (non-hydrogen) atoms. The second-order valence-corrected chi connectivity index (χ2v) is 3.72. The fourth-order valence-corrected chi connectivity index (χ4v) is 1.39. The molecule has 0 saturated heterocycles. The molecule has 5 heteroatoms. The van der Waals surface area contributed by atoms with Crippen molar-refractivity contribution in [3.8, 4) is 5.75 Å². The van der Waals surface area contributed by atoms with Crippen LogP contribution in [0, 0.1) is 0 Å². The second kappa shape index (κ2) is 6.93. The first kappa shape index (κ1) is 13.5. The number of halogens is 1. The average molecular weight is 255 g/mol. The molecule has 0 aliphatic heterocycles. The van der Waals surface area contributed by atoms with Crippen LogP contribution < -0.4 is 15.8 Å². The molecule has 0 radical (unpaired) electrons. The van der Waals surface area contributed by atoms with Crippen molar-refractivity contribution in [1.82, 2.24) is 5.32 Å². The van der Waals surface area contributed by atoms with Gasteiger partial charge in [0.25, 0.3) is 5.91 Å². The fraction of sp³-hybridized carbons (Fsp3) is 0.250. The first-order valence-electron chi connectivity index (χ1n) is 5.20. The molecular formula is C12H15ClN2O2. The van der Waals surface area contributed by atoms with Gasteiger partial charge in [-0.3, -0.25) is 4.79 Å². The Balaban J connectivity index is 2.88. The van der Waals surface area contributed by atoms with Crippen molar-refractivity contribution < 1.29 is 9.53 Å². The lowest BCUT2D eigenvalue weighted by Gasteiger charge is -2.10. The van der Waals surface area contributed by atoms with Gasteiger partial charge in [0.05, 0.1) is 5.56 Å². The van der Waals surface area contributed by atoms with Crippen molar-refractivity contribution in [1.29, 1.82) is 0 Å². The zero-order chi connectivity index (χ0) is 12.7. The van der Waals surface area contributed by atoms with E-state index in [9.17, 15) is 4.79 Å². The van der Waals surface area contributed by atoms with Gasteiger partial charge in [0.2, 0.25) is 0 Å². The fourth-order valence-electron chi connectivity index (χ4n) is 1.23. The van der Waals surface area contributed by atoms with Crippen LogP contribution >= 0.6 is 11.6 Å². The highest BCUT2D eigenvalue weighted by molar-refractivity contribution is 6.30. The summed E-state index contributed by atoms with van der Waals surface area (Å²) in [4.78, 5) is 11.8. The molecule has 1 aromatic rings. The van der Waals surface area contributed by atoms with Gasteiger partial charge in [-0.15, -0.1) is 0 Å². The van der Waals surface area contributed by atoms with Crippen LogP contribution in [-0.2, 0) is 0 Å². The van der Waals surface area contributed by atoms with Crippen molar-refractivity contribution >= 4 is 17.5 Å². The van der Waals surface area contributed by atoms with E-state index in [1.165, 1.54) is 0 Å². The van der Waals surface area contributed by atoms with Crippen molar-refractivity contribution in [3.63, 3.8) is 0 Å². The highest BCUT2D eigenvalue weighted by Gasteiger charge is 2.12. The number of benzene rings is 1. The van der Waals surface area contributed by atoms with Gasteiger partial charge in [-0.2, -0.15) is 0 Å². The maximum absolute atomic E-state index is 11.8. The third-order valence-electron chi connectivity index (χ3n) is 1.97. The molecule has 0 saturated carbocycles. The second-order valence-electron chi connectivity index (χ2n) is 3.28. The Hall–Kier alpha value is -1.52. The summed E-state index contributed by atoms with van der Waals surface area (Å²) in [6.07, 6.45) is 1.60. The van der Waals surface area contributed by atoms with Crippen LogP contribution in [0.5, 0.6) is 5.75 Å². The summed E-state index contributed by atoms with van der Waals surface area (Å²) in [6.45, 7) is 4.67. The van der Waals surface area contributed by atoms with Gasteiger partial charge in [0.15, 0.2) is 0 Å². The molecule has 92 valence electrons. The quantitative estimate of drug-likeness (QED) is 0.758. The topological polar surface area (TPSA) is 64.3 Å². The van der Waals surface area contributed by atoms with Gasteiger partial charge in [-0.05, 0) is 18.2 Å². The van der Waals surface area contributed by atoms with Crippen LogP contribution in [0.1, 0.15) is 10.4 Å². The zero-order valence-electron chi connectivity index (χ0n) is 9.41. The first-order valence-corrected chi connectivity index (χ1v) is 5.58. The molecule has 0 heterocycles. The van der Waals surface area contributed by atoms with Gasteiger partial charge < -0.3 is 15.8 Å². The predicted molar refractivity (Wildman–Crippen MR) is 68.5 cm³/mol. The summed E-state index contributed by atoms with van der Waals surface area (Å²) in [5.74, 6) is 0.207. The van der Waals surface area contributed by atoms with Crippen LogP contribution in [0.2, 0.25) is 5.02 Å². The lowest BCUT2D eigenvalue weighted by atomic mass is 10.2. The van der Waals surface area contributed by atoms with Crippen LogP contribution in [0.4, 0.5) is 0 Å². The minimum Gasteiger partial charge on any atom is -0.489 e. The molecule has 0 aliphatic rings. The van der Waals surface area contributed by atoms with E-state index in [0.29, 0.717) is 36.0 Å². The van der Waals surface area contributed by atoms with Crippen LogP contribution in [-0.4, -0.2) is 25.6 Å². The summed E-state index contributed by atoms with van der Waals surface area (Å²) < 4.78 is 5.37. The molecule has 1 rings (SSSR count). The van der Waals surface area contributed by atoms with Crippen LogP contribution in [0.15, 0.2) is 30.9 Å². The highest BCUT2D eigenvalue weighted by atomic mass is 35.5. The van der Waals surface area contributed by atoms with E-state index in [2.05, 4.69) is 11.9 Å². The van der Waals surface area contributed by atoms with E-state index in [0.717, 1.165) is 0 Å². The predicted octanol–water partition coefficient (Wildman–Crippen LogP) is 1.59. The molecule has 0 spiro atoms. The molecule has 0 bridgehead atoms. The van der Waals surface area contributed by atoms with E-state index >= 15 is 0 Å². The Kier molecular flexibility index (Phi) is 5.52. The van der Waals surface area contributed by atoms with Gasteiger partial charge in [-0.1, -0.05) is 24.3 Å². The smallest absolute Gasteiger partial charge is 0.255 e. The summed E-state index contributed by atoms with van der Waals surface area (Å²) in [7, 11) is 0. The van der Waals surface area contributed by atoms with E-state index < -0.39 is 0 Å². The maximum atomic E-state index is 11.8. The molecule has 0 unspecified atom stereocenters. The number of nitrogens with one attached hydrogen (secondary N) is 1.